The molecule has 2 aliphatic heterocycles. The Labute approximate surface area is 411 Å². The van der Waals surface area contributed by atoms with Crippen molar-refractivity contribution in [1.29, 1.82) is 0 Å². The van der Waals surface area contributed by atoms with E-state index in [0.29, 0.717) is 26.3 Å². The molecule has 0 radical (unpaired) electrons. The monoisotopic (exact) mass is 947 g/mol. The first kappa shape index (κ1) is 50.7. The highest BCUT2D eigenvalue weighted by molar-refractivity contribution is 5.92. The molecule has 69 heavy (non-hydrogen) atoms. The van der Waals surface area contributed by atoms with E-state index in [4.69, 9.17) is 4.74 Å². The Kier molecular flexibility index (Phi) is 17.2. The Hall–Kier alpha value is -4.72. The predicted molar refractivity (Wildman–Crippen MR) is 275 cm³/mol. The zero-order valence-corrected chi connectivity index (χ0v) is 42.6. The van der Waals surface area contributed by atoms with Crippen LogP contribution < -0.4 is 21.3 Å². The Morgan fingerprint density at radius 3 is 1.38 bits per heavy atom. The van der Waals surface area contributed by atoms with Crippen LogP contribution >= 0.6 is 0 Å². The van der Waals surface area contributed by atoms with Crippen LogP contribution in [0, 0.1) is 25.7 Å². The molecule has 8 rings (SSSR count). The summed E-state index contributed by atoms with van der Waals surface area (Å²) < 4.78 is 11.1. The van der Waals surface area contributed by atoms with Gasteiger partial charge in [0.1, 0.15) is 12.1 Å². The Morgan fingerprint density at radius 2 is 0.986 bits per heavy atom. The van der Waals surface area contributed by atoms with Crippen LogP contribution in [-0.4, -0.2) is 119 Å². The van der Waals surface area contributed by atoms with Gasteiger partial charge in [-0.2, -0.15) is 0 Å². The van der Waals surface area contributed by atoms with Crippen LogP contribution in [0.2, 0.25) is 0 Å². The Bertz CT molecular complexity index is 2230. The van der Waals surface area contributed by atoms with Crippen LogP contribution in [0.4, 0.5) is 0 Å². The van der Waals surface area contributed by atoms with Gasteiger partial charge in [0, 0.05) is 72.5 Å². The van der Waals surface area contributed by atoms with E-state index in [-0.39, 0.29) is 59.6 Å². The zero-order valence-electron chi connectivity index (χ0n) is 42.6. The number of carbonyl (C=O) groups excluding carboxylic acids is 4. The smallest absolute Gasteiger partial charge is 0.245 e. The van der Waals surface area contributed by atoms with Gasteiger partial charge in [0.25, 0.3) is 0 Å². The molecular formula is C56H82N8O5. The second kappa shape index (κ2) is 23.5. The SMILES string of the molecule is CN[C@@H](C)C(=O)N[C@H](C(=O)N1CCC[C@H]1Cc1cn(CCOCCn2cc(C[C@@H]3CCCN3C(=O)[C@@H](NC(=O)[C@H](C)NC)C3CCCCC3)c3cc(C)ccc32)c2ccc(C)cc12)C1CCCCC1. The molecule has 13 nitrogen and oxygen atoms in total. The van der Waals surface area contributed by atoms with E-state index in [1.54, 1.807) is 14.1 Å². The number of nitrogens with one attached hydrogen (secondary N) is 4. The summed E-state index contributed by atoms with van der Waals surface area (Å²) in [5.41, 5.74) is 7.29. The number of likely N-dealkylation sites (tertiary alicyclic amines) is 2. The molecule has 0 spiro atoms. The maximum atomic E-state index is 14.5. The van der Waals surface area contributed by atoms with E-state index in [1.807, 2.05) is 13.8 Å². The molecule has 2 aromatic heterocycles. The number of benzene rings is 2. The van der Waals surface area contributed by atoms with Crippen molar-refractivity contribution in [2.45, 2.75) is 180 Å². The third-order valence-electron chi connectivity index (χ3n) is 16.4. The molecule has 4 aromatic rings. The van der Waals surface area contributed by atoms with Gasteiger partial charge in [0.05, 0.1) is 25.3 Å². The van der Waals surface area contributed by atoms with Crippen molar-refractivity contribution in [3.05, 3.63) is 71.0 Å². The van der Waals surface area contributed by atoms with Crippen molar-refractivity contribution in [2.75, 3.05) is 40.4 Å². The van der Waals surface area contributed by atoms with Gasteiger partial charge in [0.2, 0.25) is 23.6 Å². The summed E-state index contributed by atoms with van der Waals surface area (Å²) in [6.45, 7) is 12.0. The fraction of sp³-hybridized carbons (Fsp3) is 0.643. The topological polar surface area (TPSA) is 142 Å². The molecule has 2 aromatic carbocycles. The fourth-order valence-electron chi connectivity index (χ4n) is 12.1. The number of rotatable bonds is 20. The number of hydrogen-bond donors (Lipinski definition) is 4. The fourth-order valence-corrected chi connectivity index (χ4v) is 12.1. The van der Waals surface area contributed by atoms with Crippen molar-refractivity contribution in [3.63, 3.8) is 0 Å². The molecule has 4 heterocycles. The summed E-state index contributed by atoms with van der Waals surface area (Å²) in [6.07, 6.45) is 20.7. The molecule has 0 bridgehead atoms. The third kappa shape index (κ3) is 11.9. The molecule has 4 fully saturated rings. The van der Waals surface area contributed by atoms with Crippen molar-refractivity contribution in [1.82, 2.24) is 40.2 Å². The van der Waals surface area contributed by atoms with Crippen LogP contribution in [0.1, 0.15) is 126 Å². The van der Waals surface area contributed by atoms with Crippen molar-refractivity contribution in [3.8, 4) is 0 Å². The Balaban J connectivity index is 0.913. The Morgan fingerprint density at radius 1 is 0.580 bits per heavy atom. The predicted octanol–water partition coefficient (Wildman–Crippen LogP) is 7.34. The summed E-state index contributed by atoms with van der Waals surface area (Å²) in [4.78, 5) is 59.5. The molecular weight excluding hydrogens is 865 g/mol. The van der Waals surface area contributed by atoms with Gasteiger partial charge in [-0.05, 0) is 153 Å². The number of fused-ring (bicyclic) bond motifs is 2. The van der Waals surface area contributed by atoms with Crippen molar-refractivity contribution >= 4 is 45.4 Å². The largest absolute Gasteiger partial charge is 0.378 e. The minimum Gasteiger partial charge on any atom is -0.378 e. The number of amides is 4. The number of hydrogen-bond acceptors (Lipinski definition) is 7. The van der Waals surface area contributed by atoms with Crippen LogP contribution in [0.3, 0.4) is 0 Å². The molecule has 4 amide bonds. The molecule has 376 valence electrons. The minimum atomic E-state index is -0.485. The van der Waals surface area contributed by atoms with Crippen LogP contribution in [0.25, 0.3) is 21.8 Å². The second-order valence-corrected chi connectivity index (χ2v) is 21.2. The van der Waals surface area contributed by atoms with Crippen molar-refractivity contribution < 1.29 is 23.9 Å². The third-order valence-corrected chi connectivity index (χ3v) is 16.4. The lowest BCUT2D eigenvalue weighted by Gasteiger charge is -2.35. The molecule has 4 aliphatic rings. The summed E-state index contributed by atoms with van der Waals surface area (Å²) in [6, 6.07) is 11.8. The number of nitrogens with zero attached hydrogens (tertiary/aromatic N) is 4. The highest BCUT2D eigenvalue weighted by Gasteiger charge is 2.41. The van der Waals surface area contributed by atoms with Gasteiger partial charge < -0.3 is 44.9 Å². The number of aryl methyl sites for hydroxylation is 2. The van der Waals surface area contributed by atoms with E-state index >= 15 is 0 Å². The lowest BCUT2D eigenvalue weighted by molar-refractivity contribution is -0.139. The minimum absolute atomic E-state index is 0.0821. The number of aromatic nitrogens is 2. The quantitative estimate of drug-likeness (QED) is 0.0680. The molecule has 6 atom stereocenters. The maximum Gasteiger partial charge on any atom is 0.245 e. The standard InChI is InChI=1S/C56H82N8O5/c1-37-21-23-49-47(31-37)43(33-45-19-13-25-63(45)55(67)51(41-15-9-7-10-16-41)59-53(65)39(3)57-5)35-61(49)27-29-69-30-28-62-36-44(48-32-38(2)22-24-50(48)62)34-46-20-14-26-64(46)56(68)52(42-17-11-8-12-18-42)60-54(66)40(4)58-6/h21-24,31-32,35-36,39-42,45-46,51-52,57-58H,7-20,25-30,33-34H2,1-6H3,(H,59,65)(H,60,66)/t39-,40-,45-,46-,51-,52-/m0/s1. The van der Waals surface area contributed by atoms with Gasteiger partial charge >= 0.3 is 0 Å². The molecule has 2 saturated heterocycles. The first-order valence-electron chi connectivity index (χ1n) is 26.7. The number of carbonyl (C=O) groups is 4. The summed E-state index contributed by atoms with van der Waals surface area (Å²) in [7, 11) is 3.57. The van der Waals surface area contributed by atoms with Crippen molar-refractivity contribution in [2.24, 2.45) is 11.8 Å². The maximum absolute atomic E-state index is 14.5. The van der Waals surface area contributed by atoms with E-state index in [1.165, 1.54) is 56.9 Å². The van der Waals surface area contributed by atoms with Crippen LogP contribution in [0.5, 0.6) is 0 Å². The molecule has 13 heteroatoms. The van der Waals surface area contributed by atoms with E-state index in [2.05, 4.69) is 103 Å². The van der Waals surface area contributed by atoms with Gasteiger partial charge in [-0.25, -0.2) is 0 Å². The number of likely N-dealkylation sites (N-methyl/N-ethyl adjacent to an activating group) is 2. The summed E-state index contributed by atoms with van der Waals surface area (Å²) in [5.74, 6) is 0.300. The average molecular weight is 947 g/mol. The molecule has 0 unspecified atom stereocenters. The first-order chi connectivity index (χ1) is 33.4. The van der Waals surface area contributed by atoms with Gasteiger partial charge in [-0.1, -0.05) is 61.8 Å². The highest BCUT2D eigenvalue weighted by atomic mass is 16.5. The average Bonchev–Trinajstić information content (AvgIpc) is 4.18. The van der Waals surface area contributed by atoms with Crippen LogP contribution in [0.15, 0.2) is 48.8 Å². The van der Waals surface area contributed by atoms with Gasteiger partial charge in [0.15, 0.2) is 0 Å². The lowest BCUT2D eigenvalue weighted by Crippen LogP contribution is -2.56. The highest BCUT2D eigenvalue weighted by Crippen LogP contribution is 2.34. The van der Waals surface area contributed by atoms with E-state index < -0.39 is 12.1 Å². The summed E-state index contributed by atoms with van der Waals surface area (Å²) >= 11 is 0. The number of ether oxygens (including phenoxy) is 1. The second-order valence-electron chi connectivity index (χ2n) is 21.2. The van der Waals surface area contributed by atoms with E-state index in [9.17, 15) is 19.2 Å². The van der Waals surface area contributed by atoms with Crippen LogP contribution in [-0.2, 0) is 49.8 Å². The first-order valence-corrected chi connectivity index (χ1v) is 26.7. The lowest BCUT2D eigenvalue weighted by atomic mass is 9.83. The van der Waals surface area contributed by atoms with Gasteiger partial charge in [-0.3, -0.25) is 19.2 Å². The molecule has 2 aliphatic carbocycles. The van der Waals surface area contributed by atoms with E-state index in [0.717, 1.165) is 103 Å². The van der Waals surface area contributed by atoms with Gasteiger partial charge in [-0.15, -0.1) is 0 Å². The molecule has 2 saturated carbocycles. The summed E-state index contributed by atoms with van der Waals surface area (Å²) in [5, 5.41) is 15.0. The zero-order chi connectivity index (χ0) is 48.6. The molecule has 4 N–H and O–H groups in total. The normalized spacial score (nSPS) is 21.2.